The third kappa shape index (κ3) is 5.78. The van der Waals surface area contributed by atoms with Crippen molar-refractivity contribution in [1.82, 2.24) is 4.57 Å². The summed E-state index contributed by atoms with van der Waals surface area (Å²) < 4.78 is 19.1. The molecule has 0 aliphatic carbocycles. The van der Waals surface area contributed by atoms with Crippen LogP contribution in [0.4, 0.5) is 0 Å². The van der Waals surface area contributed by atoms with Crippen LogP contribution >= 0.6 is 22.9 Å². The molecule has 0 amide bonds. The first kappa shape index (κ1) is 29.4. The predicted molar refractivity (Wildman–Crippen MR) is 165 cm³/mol. The molecule has 1 aliphatic rings. The van der Waals surface area contributed by atoms with Gasteiger partial charge in [-0.1, -0.05) is 53.3 Å². The van der Waals surface area contributed by atoms with Crippen LogP contribution in [0.15, 0.2) is 81.7 Å². The number of halogens is 1. The first-order chi connectivity index (χ1) is 20.2. The molecule has 3 aromatic carbocycles. The van der Waals surface area contributed by atoms with Gasteiger partial charge in [-0.3, -0.25) is 9.36 Å². The topological polar surface area (TPSA) is 79.1 Å². The predicted octanol–water partition coefficient (Wildman–Crippen LogP) is 5.66. The molecule has 1 aliphatic heterocycles. The van der Waals surface area contributed by atoms with E-state index < -0.39 is 12.0 Å². The Morgan fingerprint density at radius 3 is 2.55 bits per heavy atom. The number of aromatic nitrogens is 1. The molecule has 0 saturated carbocycles. The van der Waals surface area contributed by atoms with Gasteiger partial charge < -0.3 is 14.2 Å². The quantitative estimate of drug-likeness (QED) is 0.243. The molecule has 0 radical (unpaired) electrons. The van der Waals surface area contributed by atoms with Crippen molar-refractivity contribution in [3.63, 3.8) is 0 Å². The average Bonchev–Trinajstić information content (AvgIpc) is 3.27. The summed E-state index contributed by atoms with van der Waals surface area (Å²) in [5.41, 5.74) is 5.22. The lowest BCUT2D eigenvalue weighted by molar-refractivity contribution is -0.139. The van der Waals surface area contributed by atoms with Crippen molar-refractivity contribution in [2.45, 2.75) is 40.3 Å². The molecule has 9 heteroatoms. The van der Waals surface area contributed by atoms with Gasteiger partial charge in [-0.15, -0.1) is 0 Å². The number of methoxy groups -OCH3 is 1. The van der Waals surface area contributed by atoms with Gasteiger partial charge in [0.25, 0.3) is 5.56 Å². The molecular weight excluding hydrogens is 572 g/mol. The lowest BCUT2D eigenvalue weighted by Gasteiger charge is -2.24. The molecule has 42 heavy (non-hydrogen) atoms. The van der Waals surface area contributed by atoms with E-state index in [0.717, 1.165) is 33.6 Å². The Balaban J connectivity index is 1.57. The van der Waals surface area contributed by atoms with Crippen molar-refractivity contribution in [2.75, 3.05) is 13.7 Å². The Morgan fingerprint density at radius 1 is 1.07 bits per heavy atom. The van der Waals surface area contributed by atoms with Crippen molar-refractivity contribution in [3.05, 3.63) is 124 Å². The number of rotatable bonds is 8. The normalized spacial score (nSPS) is 14.8. The minimum Gasteiger partial charge on any atom is -0.496 e. The van der Waals surface area contributed by atoms with Gasteiger partial charge in [0.2, 0.25) is 0 Å². The lowest BCUT2D eigenvalue weighted by atomic mass is 9.96. The van der Waals surface area contributed by atoms with Crippen molar-refractivity contribution in [1.29, 1.82) is 0 Å². The Labute approximate surface area is 253 Å². The summed E-state index contributed by atoms with van der Waals surface area (Å²) in [6, 6.07) is 18.1. The van der Waals surface area contributed by atoms with Crippen LogP contribution < -0.4 is 24.4 Å². The van der Waals surface area contributed by atoms with Crippen molar-refractivity contribution in [3.8, 4) is 11.5 Å². The first-order valence-electron chi connectivity index (χ1n) is 13.5. The Kier molecular flexibility index (Phi) is 8.66. The van der Waals surface area contributed by atoms with Crippen molar-refractivity contribution < 1.29 is 19.0 Å². The summed E-state index contributed by atoms with van der Waals surface area (Å²) in [6.45, 7) is 8.10. The number of benzene rings is 3. The molecular formula is C33H31ClN2O5S. The van der Waals surface area contributed by atoms with Gasteiger partial charge in [-0.2, -0.15) is 0 Å². The van der Waals surface area contributed by atoms with Gasteiger partial charge in [0.1, 0.15) is 18.1 Å². The minimum absolute atomic E-state index is 0.209. The largest absolute Gasteiger partial charge is 0.496 e. The van der Waals surface area contributed by atoms with E-state index in [1.165, 1.54) is 11.3 Å². The molecule has 1 unspecified atom stereocenters. The fourth-order valence-electron chi connectivity index (χ4n) is 4.94. The highest BCUT2D eigenvalue weighted by Crippen LogP contribution is 2.31. The number of fused-ring (bicyclic) bond motifs is 1. The summed E-state index contributed by atoms with van der Waals surface area (Å²) in [6.07, 6.45) is 1.83. The number of allylic oxidation sites excluding steroid dienone is 1. The molecule has 2 heterocycles. The zero-order valence-corrected chi connectivity index (χ0v) is 25.6. The van der Waals surface area contributed by atoms with Crippen LogP contribution in [0.3, 0.4) is 0 Å². The second kappa shape index (κ2) is 12.4. The van der Waals surface area contributed by atoms with E-state index in [2.05, 4.69) is 4.99 Å². The van der Waals surface area contributed by atoms with Gasteiger partial charge in [-0.25, -0.2) is 9.79 Å². The van der Waals surface area contributed by atoms with E-state index >= 15 is 0 Å². The van der Waals surface area contributed by atoms with Gasteiger partial charge in [0.05, 0.1) is 35.6 Å². The van der Waals surface area contributed by atoms with E-state index in [-0.39, 0.29) is 12.2 Å². The molecule has 1 aromatic heterocycles. The summed E-state index contributed by atoms with van der Waals surface area (Å²) >= 11 is 7.42. The van der Waals surface area contributed by atoms with Gasteiger partial charge >= 0.3 is 5.97 Å². The minimum atomic E-state index is -0.697. The molecule has 4 aromatic rings. The molecule has 0 spiro atoms. The second-order valence-electron chi connectivity index (χ2n) is 9.91. The first-order valence-corrected chi connectivity index (χ1v) is 14.7. The number of ether oxygens (including phenoxy) is 3. The molecule has 0 N–H and O–H groups in total. The highest BCUT2D eigenvalue weighted by atomic mass is 35.5. The molecule has 0 bridgehead atoms. The van der Waals surface area contributed by atoms with Crippen LogP contribution in [0.5, 0.6) is 11.5 Å². The Hall–Kier alpha value is -4.14. The standard InChI is InChI=1S/C33H31ClN2O5S/c1-6-40-32(38)29-21(4)35-33-36(30(29)23-11-13-25(34)14-12-23)31(37)28(42-33)17-22-10-15-27(39-5)24(16-22)18-41-26-9-7-8-19(2)20(26)3/h7-17,30H,6,18H2,1-5H3. The second-order valence-corrected chi connectivity index (χ2v) is 11.4. The van der Waals surface area contributed by atoms with Crippen molar-refractivity contribution in [2.24, 2.45) is 4.99 Å². The smallest absolute Gasteiger partial charge is 0.338 e. The number of hydrogen-bond acceptors (Lipinski definition) is 7. The molecule has 7 nitrogen and oxygen atoms in total. The average molecular weight is 603 g/mol. The molecule has 1 atom stereocenters. The maximum absolute atomic E-state index is 13.9. The third-order valence-electron chi connectivity index (χ3n) is 7.24. The van der Waals surface area contributed by atoms with E-state index in [4.69, 9.17) is 25.8 Å². The number of hydrogen-bond donors (Lipinski definition) is 0. The van der Waals surface area contributed by atoms with Crippen molar-refractivity contribution >= 4 is 35.0 Å². The molecule has 216 valence electrons. The van der Waals surface area contributed by atoms with Gasteiger partial charge in [0, 0.05) is 10.6 Å². The fourth-order valence-corrected chi connectivity index (χ4v) is 6.11. The number of carbonyl (C=O) groups is 1. The zero-order valence-electron chi connectivity index (χ0n) is 24.1. The Morgan fingerprint density at radius 2 is 1.83 bits per heavy atom. The maximum atomic E-state index is 13.9. The van der Waals surface area contributed by atoms with Gasteiger partial charge in [-0.05, 0) is 86.4 Å². The number of esters is 1. The van der Waals surface area contributed by atoms with Crippen LogP contribution in [0.2, 0.25) is 5.02 Å². The number of thiazole rings is 1. The Bertz CT molecular complexity index is 1870. The highest BCUT2D eigenvalue weighted by molar-refractivity contribution is 7.07. The van der Waals surface area contributed by atoms with Crippen LogP contribution in [0.1, 0.15) is 47.7 Å². The van der Waals surface area contributed by atoms with E-state index in [1.54, 1.807) is 37.7 Å². The molecule has 5 rings (SSSR count). The van der Waals surface area contributed by atoms with Crippen LogP contribution in [-0.2, 0) is 16.1 Å². The summed E-state index contributed by atoms with van der Waals surface area (Å²) in [7, 11) is 1.62. The molecule has 0 fully saturated rings. The monoisotopic (exact) mass is 602 g/mol. The van der Waals surface area contributed by atoms with Crippen LogP contribution in [0.25, 0.3) is 6.08 Å². The van der Waals surface area contributed by atoms with E-state index in [1.807, 2.05) is 68.5 Å². The van der Waals surface area contributed by atoms with E-state index in [9.17, 15) is 9.59 Å². The molecule has 0 saturated heterocycles. The fraction of sp³-hybridized carbons (Fsp3) is 0.242. The summed E-state index contributed by atoms with van der Waals surface area (Å²) in [4.78, 5) is 32.1. The number of aryl methyl sites for hydroxylation is 1. The van der Waals surface area contributed by atoms with Gasteiger partial charge in [0.15, 0.2) is 4.80 Å². The summed E-state index contributed by atoms with van der Waals surface area (Å²) in [5, 5.41) is 0.557. The SMILES string of the molecule is CCOC(=O)C1=C(C)N=c2sc(=Cc3ccc(OC)c(COc4cccc(C)c4C)c3)c(=O)n2C1c1ccc(Cl)cc1. The highest BCUT2D eigenvalue weighted by Gasteiger charge is 2.33. The maximum Gasteiger partial charge on any atom is 0.338 e. The van der Waals surface area contributed by atoms with Crippen LogP contribution in [-0.4, -0.2) is 24.3 Å². The van der Waals surface area contributed by atoms with E-state index in [0.29, 0.717) is 38.0 Å². The zero-order chi connectivity index (χ0) is 30.0. The van der Waals surface area contributed by atoms with Crippen LogP contribution in [0, 0.1) is 13.8 Å². The number of carbonyl (C=O) groups excluding carboxylic acids is 1. The summed E-state index contributed by atoms with van der Waals surface area (Å²) in [5.74, 6) is 0.999. The lowest BCUT2D eigenvalue weighted by Crippen LogP contribution is -2.39. The third-order valence-corrected chi connectivity index (χ3v) is 8.48. The number of nitrogens with zero attached hydrogens (tertiary/aromatic N) is 2.